The molecule has 0 saturated heterocycles. The van der Waals surface area contributed by atoms with E-state index in [4.69, 9.17) is 4.42 Å². The van der Waals surface area contributed by atoms with Crippen LogP contribution in [0.2, 0.25) is 0 Å². The minimum absolute atomic E-state index is 0.000231. The van der Waals surface area contributed by atoms with Gasteiger partial charge in [-0.05, 0) is 45.7 Å². The van der Waals surface area contributed by atoms with Crippen molar-refractivity contribution in [2.24, 2.45) is 0 Å². The molecule has 5 heteroatoms. The zero-order valence-electron chi connectivity index (χ0n) is 12.7. The maximum atomic E-state index is 12.5. The summed E-state index contributed by atoms with van der Waals surface area (Å²) in [5, 5.41) is 7.53. The molecule has 2 aromatic heterocycles. The molecule has 1 aliphatic carbocycles. The van der Waals surface area contributed by atoms with Crippen LogP contribution in [0.25, 0.3) is 0 Å². The van der Waals surface area contributed by atoms with Gasteiger partial charge < -0.3 is 9.73 Å². The van der Waals surface area contributed by atoms with Gasteiger partial charge in [-0.25, -0.2) is 0 Å². The van der Waals surface area contributed by atoms with Crippen LogP contribution in [-0.4, -0.2) is 15.7 Å². The number of aryl methyl sites for hydroxylation is 3. The van der Waals surface area contributed by atoms with E-state index in [2.05, 4.69) is 10.4 Å². The van der Waals surface area contributed by atoms with Crippen LogP contribution in [0.1, 0.15) is 54.6 Å². The molecule has 1 N–H and O–H groups in total. The molecule has 0 radical (unpaired) electrons. The van der Waals surface area contributed by atoms with Crippen LogP contribution >= 0.6 is 0 Å². The Balaban J connectivity index is 1.74. The Hall–Kier alpha value is -2.04. The third-order valence-corrected chi connectivity index (χ3v) is 4.16. The third-order valence-electron chi connectivity index (χ3n) is 4.16. The second kappa shape index (κ2) is 5.39. The van der Waals surface area contributed by atoms with Crippen LogP contribution in [-0.2, 0) is 11.2 Å². The molecule has 1 aliphatic rings. The van der Waals surface area contributed by atoms with Gasteiger partial charge in [-0.15, -0.1) is 0 Å². The van der Waals surface area contributed by atoms with Gasteiger partial charge in [0.25, 0.3) is 0 Å². The Morgan fingerprint density at radius 1 is 1.52 bits per heavy atom. The molecule has 5 nitrogen and oxygen atoms in total. The van der Waals surface area contributed by atoms with E-state index in [0.717, 1.165) is 42.0 Å². The molecular formula is C16H21N3O2. The number of nitrogens with zero attached hydrogens (tertiary/aromatic N) is 2. The molecule has 0 aliphatic heterocycles. The van der Waals surface area contributed by atoms with Gasteiger partial charge >= 0.3 is 0 Å². The van der Waals surface area contributed by atoms with E-state index in [-0.39, 0.29) is 18.0 Å². The number of carbonyl (C=O) groups excluding carboxylic acids is 1. The van der Waals surface area contributed by atoms with E-state index in [1.807, 2.05) is 32.9 Å². The Labute approximate surface area is 124 Å². The molecule has 1 amide bonds. The van der Waals surface area contributed by atoms with Crippen molar-refractivity contribution in [1.29, 1.82) is 0 Å². The summed E-state index contributed by atoms with van der Waals surface area (Å²) in [6, 6.07) is 3.70. The summed E-state index contributed by atoms with van der Waals surface area (Å²) in [7, 11) is 0. The van der Waals surface area contributed by atoms with E-state index in [1.54, 1.807) is 10.9 Å². The monoisotopic (exact) mass is 287 g/mol. The van der Waals surface area contributed by atoms with Gasteiger partial charge in [0.2, 0.25) is 5.91 Å². The van der Waals surface area contributed by atoms with Gasteiger partial charge in [-0.2, -0.15) is 5.10 Å². The molecule has 2 aromatic rings. The van der Waals surface area contributed by atoms with Crippen LogP contribution in [0.5, 0.6) is 0 Å². The van der Waals surface area contributed by atoms with E-state index in [1.165, 1.54) is 0 Å². The van der Waals surface area contributed by atoms with Gasteiger partial charge in [-0.1, -0.05) is 0 Å². The van der Waals surface area contributed by atoms with E-state index < -0.39 is 0 Å². The fourth-order valence-corrected chi connectivity index (χ4v) is 3.08. The quantitative estimate of drug-likeness (QED) is 0.944. The molecule has 0 unspecified atom stereocenters. The maximum Gasteiger partial charge on any atom is 0.245 e. The standard InChI is InChI=1S/C16H21N3O2/c1-10-9-11(2)19(18-10)12(3)16(20)17-14-5-4-6-15-13(14)7-8-21-15/h7-9,12,14H,4-6H2,1-3H3,(H,17,20)/t12-,14-/m1/s1. The smallest absolute Gasteiger partial charge is 0.245 e. The van der Waals surface area contributed by atoms with Crippen molar-refractivity contribution in [2.75, 3.05) is 0 Å². The first kappa shape index (κ1) is 13.9. The number of hydrogen-bond acceptors (Lipinski definition) is 3. The third kappa shape index (κ3) is 2.60. The van der Waals surface area contributed by atoms with Crippen molar-refractivity contribution in [1.82, 2.24) is 15.1 Å². The number of fused-ring (bicyclic) bond motifs is 1. The molecule has 112 valence electrons. The van der Waals surface area contributed by atoms with Crippen molar-refractivity contribution in [3.8, 4) is 0 Å². The maximum absolute atomic E-state index is 12.5. The van der Waals surface area contributed by atoms with Gasteiger partial charge in [0, 0.05) is 17.7 Å². The fraction of sp³-hybridized carbons (Fsp3) is 0.500. The lowest BCUT2D eigenvalue weighted by molar-refractivity contribution is -0.125. The Morgan fingerprint density at radius 3 is 3.05 bits per heavy atom. The fourth-order valence-electron chi connectivity index (χ4n) is 3.08. The average molecular weight is 287 g/mol. The summed E-state index contributed by atoms with van der Waals surface area (Å²) in [6.45, 7) is 5.79. The Morgan fingerprint density at radius 2 is 2.33 bits per heavy atom. The second-order valence-corrected chi connectivity index (χ2v) is 5.80. The van der Waals surface area contributed by atoms with E-state index in [0.29, 0.717) is 0 Å². The highest BCUT2D eigenvalue weighted by atomic mass is 16.3. The zero-order chi connectivity index (χ0) is 15.0. The predicted octanol–water partition coefficient (Wildman–Crippen LogP) is 2.85. The lowest BCUT2D eigenvalue weighted by Gasteiger charge is -2.24. The number of furan rings is 1. The lowest BCUT2D eigenvalue weighted by Crippen LogP contribution is -2.36. The first-order chi connectivity index (χ1) is 10.1. The first-order valence-electron chi connectivity index (χ1n) is 7.45. The van der Waals surface area contributed by atoms with Crippen molar-refractivity contribution >= 4 is 5.91 Å². The molecule has 2 heterocycles. The number of hydrogen-bond donors (Lipinski definition) is 1. The van der Waals surface area contributed by atoms with Crippen LogP contribution in [0.15, 0.2) is 22.8 Å². The summed E-state index contributed by atoms with van der Waals surface area (Å²) in [6.07, 6.45) is 4.67. The molecule has 2 atom stereocenters. The highest BCUT2D eigenvalue weighted by molar-refractivity contribution is 5.80. The molecule has 3 rings (SSSR count). The molecule has 0 saturated carbocycles. The molecule has 0 spiro atoms. The van der Waals surface area contributed by atoms with Crippen LogP contribution in [0, 0.1) is 13.8 Å². The van der Waals surface area contributed by atoms with Gasteiger partial charge in [-0.3, -0.25) is 9.48 Å². The van der Waals surface area contributed by atoms with Crippen molar-refractivity contribution in [2.45, 2.75) is 52.1 Å². The minimum atomic E-state index is -0.309. The summed E-state index contributed by atoms with van der Waals surface area (Å²) in [5.74, 6) is 1.01. The van der Waals surface area contributed by atoms with Crippen molar-refractivity contribution in [3.05, 3.63) is 41.1 Å². The zero-order valence-corrected chi connectivity index (χ0v) is 12.7. The van der Waals surface area contributed by atoms with Crippen LogP contribution < -0.4 is 5.32 Å². The highest BCUT2D eigenvalue weighted by Gasteiger charge is 2.26. The Bertz CT molecular complexity index is 656. The molecule has 21 heavy (non-hydrogen) atoms. The van der Waals surface area contributed by atoms with Gasteiger partial charge in [0.05, 0.1) is 18.0 Å². The molecule has 0 fully saturated rings. The Kier molecular flexibility index (Phi) is 3.57. The minimum Gasteiger partial charge on any atom is -0.469 e. The normalized spacial score (nSPS) is 19.1. The second-order valence-electron chi connectivity index (χ2n) is 5.80. The molecule has 0 aromatic carbocycles. The lowest BCUT2D eigenvalue weighted by atomic mass is 9.93. The van der Waals surface area contributed by atoms with E-state index in [9.17, 15) is 4.79 Å². The first-order valence-corrected chi connectivity index (χ1v) is 7.45. The molecule has 0 bridgehead atoms. The van der Waals surface area contributed by atoms with Gasteiger partial charge in [0.1, 0.15) is 11.8 Å². The number of aromatic nitrogens is 2. The summed E-state index contributed by atoms with van der Waals surface area (Å²) >= 11 is 0. The molecular weight excluding hydrogens is 266 g/mol. The van der Waals surface area contributed by atoms with Gasteiger partial charge in [0.15, 0.2) is 0 Å². The summed E-state index contributed by atoms with van der Waals surface area (Å²) in [5.41, 5.74) is 3.06. The highest BCUT2D eigenvalue weighted by Crippen LogP contribution is 2.30. The average Bonchev–Trinajstić information content (AvgIpc) is 3.04. The number of carbonyl (C=O) groups is 1. The number of amides is 1. The largest absolute Gasteiger partial charge is 0.469 e. The van der Waals surface area contributed by atoms with Crippen LogP contribution in [0.4, 0.5) is 0 Å². The topological polar surface area (TPSA) is 60.1 Å². The predicted molar refractivity (Wildman–Crippen MR) is 78.9 cm³/mol. The van der Waals surface area contributed by atoms with Crippen LogP contribution in [0.3, 0.4) is 0 Å². The number of nitrogens with one attached hydrogen (secondary N) is 1. The van der Waals surface area contributed by atoms with Crippen molar-refractivity contribution in [3.63, 3.8) is 0 Å². The summed E-state index contributed by atoms with van der Waals surface area (Å²) in [4.78, 5) is 12.5. The van der Waals surface area contributed by atoms with E-state index >= 15 is 0 Å². The SMILES string of the molecule is Cc1cc(C)n([C@H](C)C(=O)N[C@@H]2CCCc3occc32)n1. The summed E-state index contributed by atoms with van der Waals surface area (Å²) < 4.78 is 7.25. The van der Waals surface area contributed by atoms with Crippen molar-refractivity contribution < 1.29 is 9.21 Å². The number of rotatable bonds is 3.